The second-order valence-corrected chi connectivity index (χ2v) is 8.85. The van der Waals surface area contributed by atoms with Crippen molar-refractivity contribution in [3.63, 3.8) is 0 Å². The minimum absolute atomic E-state index is 0.0514. The summed E-state index contributed by atoms with van der Waals surface area (Å²) in [5.41, 5.74) is 0.938. The minimum atomic E-state index is -0.425. The van der Waals surface area contributed by atoms with Gasteiger partial charge in [-0.2, -0.15) is 0 Å². The van der Waals surface area contributed by atoms with E-state index in [1.54, 1.807) is 0 Å². The summed E-state index contributed by atoms with van der Waals surface area (Å²) >= 11 is 0. The average Bonchev–Trinajstić information content (AvgIpc) is 3.13. The fourth-order valence-corrected chi connectivity index (χ4v) is 4.82. The summed E-state index contributed by atoms with van der Waals surface area (Å²) in [5, 5.41) is 0. The Morgan fingerprint density at radius 3 is 2.58 bits per heavy atom. The van der Waals surface area contributed by atoms with Gasteiger partial charge in [0, 0.05) is 25.6 Å². The lowest BCUT2D eigenvalue weighted by atomic mass is 9.86. The van der Waals surface area contributed by atoms with Gasteiger partial charge >= 0.3 is 0 Å². The van der Waals surface area contributed by atoms with Crippen molar-refractivity contribution in [2.75, 3.05) is 19.7 Å². The number of amides is 1. The van der Waals surface area contributed by atoms with Gasteiger partial charge in [0.2, 0.25) is 5.91 Å². The SMILES string of the molecule is CC(C)(C)[C@H]1CO[C@]2(C)[C@@H]3CN(Cc4ccccc4)C[C@@H]3C(=O)N12. The van der Waals surface area contributed by atoms with Crippen LogP contribution in [0.15, 0.2) is 30.3 Å². The van der Waals surface area contributed by atoms with Gasteiger partial charge in [0.15, 0.2) is 0 Å². The molecule has 1 amide bonds. The molecule has 24 heavy (non-hydrogen) atoms. The number of nitrogens with zero attached hydrogens (tertiary/aromatic N) is 2. The van der Waals surface area contributed by atoms with Gasteiger partial charge < -0.3 is 9.64 Å². The van der Waals surface area contributed by atoms with Crippen molar-refractivity contribution in [2.24, 2.45) is 17.3 Å². The summed E-state index contributed by atoms with van der Waals surface area (Å²) in [6, 6.07) is 10.7. The van der Waals surface area contributed by atoms with Gasteiger partial charge in [-0.25, -0.2) is 0 Å². The van der Waals surface area contributed by atoms with E-state index in [1.807, 2.05) is 6.07 Å². The van der Waals surface area contributed by atoms with Crippen LogP contribution in [-0.2, 0) is 16.1 Å². The first kappa shape index (κ1) is 16.1. The molecule has 0 aliphatic carbocycles. The Labute approximate surface area is 144 Å². The zero-order valence-corrected chi connectivity index (χ0v) is 15.2. The van der Waals surface area contributed by atoms with Crippen LogP contribution in [0.5, 0.6) is 0 Å². The maximum Gasteiger partial charge on any atom is 0.230 e. The van der Waals surface area contributed by atoms with Crippen LogP contribution in [0.2, 0.25) is 0 Å². The van der Waals surface area contributed by atoms with Crippen molar-refractivity contribution in [3.8, 4) is 0 Å². The summed E-state index contributed by atoms with van der Waals surface area (Å²) in [6.07, 6.45) is 0. The fraction of sp³-hybridized carbons (Fsp3) is 0.650. The summed E-state index contributed by atoms with van der Waals surface area (Å²) in [4.78, 5) is 17.6. The highest BCUT2D eigenvalue weighted by molar-refractivity contribution is 5.84. The lowest BCUT2D eigenvalue weighted by molar-refractivity contribution is -0.142. The molecule has 4 heteroatoms. The molecule has 3 saturated heterocycles. The first-order chi connectivity index (χ1) is 11.3. The van der Waals surface area contributed by atoms with E-state index in [-0.39, 0.29) is 23.3 Å². The molecule has 1 aromatic carbocycles. The Kier molecular flexibility index (Phi) is 3.56. The van der Waals surface area contributed by atoms with E-state index < -0.39 is 5.72 Å². The maximum atomic E-state index is 13.1. The van der Waals surface area contributed by atoms with Crippen molar-refractivity contribution in [1.29, 1.82) is 0 Å². The molecule has 4 nitrogen and oxygen atoms in total. The summed E-state index contributed by atoms with van der Waals surface area (Å²) in [6.45, 7) is 12.1. The van der Waals surface area contributed by atoms with Gasteiger partial charge in [0.05, 0.1) is 18.6 Å². The Hall–Kier alpha value is -1.39. The van der Waals surface area contributed by atoms with Crippen LogP contribution in [0.4, 0.5) is 0 Å². The highest BCUT2D eigenvalue weighted by atomic mass is 16.5. The molecule has 130 valence electrons. The third-order valence-corrected chi connectivity index (χ3v) is 6.21. The quantitative estimate of drug-likeness (QED) is 0.837. The van der Waals surface area contributed by atoms with Crippen molar-refractivity contribution in [3.05, 3.63) is 35.9 Å². The van der Waals surface area contributed by atoms with E-state index in [1.165, 1.54) is 5.56 Å². The van der Waals surface area contributed by atoms with Crippen molar-refractivity contribution in [1.82, 2.24) is 9.80 Å². The number of hydrogen-bond donors (Lipinski definition) is 0. The Morgan fingerprint density at radius 1 is 1.21 bits per heavy atom. The number of carbonyl (C=O) groups excluding carboxylic acids is 1. The fourth-order valence-electron chi connectivity index (χ4n) is 4.82. The van der Waals surface area contributed by atoms with Crippen molar-refractivity contribution >= 4 is 5.91 Å². The number of ether oxygens (including phenoxy) is 1. The van der Waals surface area contributed by atoms with Crippen molar-refractivity contribution < 1.29 is 9.53 Å². The van der Waals surface area contributed by atoms with E-state index in [4.69, 9.17) is 4.74 Å². The number of rotatable bonds is 2. The highest BCUT2D eigenvalue weighted by Gasteiger charge is 2.65. The van der Waals surface area contributed by atoms with Crippen LogP contribution in [0.25, 0.3) is 0 Å². The van der Waals surface area contributed by atoms with E-state index in [2.05, 4.69) is 61.8 Å². The third-order valence-electron chi connectivity index (χ3n) is 6.21. The molecule has 0 aromatic heterocycles. The Bertz CT molecular complexity index is 639. The standard InChI is InChI=1S/C20H28N2O2/c1-19(2,3)17-13-24-20(4)16-12-21(10-14-8-6-5-7-9-14)11-15(16)18(23)22(17)20/h5-9,15-17H,10-13H2,1-4H3/t15-,16+,17+,20+/m0/s1. The lowest BCUT2D eigenvalue weighted by Gasteiger charge is -2.38. The van der Waals surface area contributed by atoms with E-state index >= 15 is 0 Å². The Balaban J connectivity index is 1.54. The maximum absolute atomic E-state index is 13.1. The number of benzene rings is 1. The first-order valence-corrected chi connectivity index (χ1v) is 9.04. The van der Waals surface area contributed by atoms with E-state index in [0.717, 1.165) is 19.6 Å². The van der Waals surface area contributed by atoms with Crippen LogP contribution >= 0.6 is 0 Å². The topological polar surface area (TPSA) is 32.8 Å². The highest BCUT2D eigenvalue weighted by Crippen LogP contribution is 2.51. The molecule has 0 N–H and O–H groups in total. The first-order valence-electron chi connectivity index (χ1n) is 9.04. The van der Waals surface area contributed by atoms with Crippen LogP contribution < -0.4 is 0 Å². The van der Waals surface area contributed by atoms with E-state index in [9.17, 15) is 4.79 Å². The smallest absolute Gasteiger partial charge is 0.230 e. The molecule has 0 unspecified atom stereocenters. The van der Waals surface area contributed by atoms with Gasteiger partial charge in [-0.05, 0) is 17.9 Å². The lowest BCUT2D eigenvalue weighted by Crippen LogP contribution is -2.51. The van der Waals surface area contributed by atoms with E-state index in [0.29, 0.717) is 12.5 Å². The molecular weight excluding hydrogens is 300 g/mol. The van der Waals surface area contributed by atoms with Gasteiger partial charge in [-0.1, -0.05) is 51.1 Å². The summed E-state index contributed by atoms with van der Waals surface area (Å²) in [5.74, 6) is 0.667. The zero-order chi connectivity index (χ0) is 17.1. The second-order valence-electron chi connectivity index (χ2n) is 8.85. The number of carbonyl (C=O) groups is 1. The van der Waals surface area contributed by atoms with Crippen molar-refractivity contribution in [2.45, 2.75) is 46.0 Å². The molecule has 3 aliphatic rings. The Morgan fingerprint density at radius 2 is 1.92 bits per heavy atom. The zero-order valence-electron chi connectivity index (χ0n) is 15.2. The average molecular weight is 328 g/mol. The summed E-state index contributed by atoms with van der Waals surface area (Å²) < 4.78 is 6.26. The molecule has 0 bridgehead atoms. The number of likely N-dealkylation sites (tertiary alicyclic amines) is 1. The molecule has 0 spiro atoms. The largest absolute Gasteiger partial charge is 0.353 e. The monoisotopic (exact) mass is 328 g/mol. The van der Waals surface area contributed by atoms with Gasteiger partial charge in [0.1, 0.15) is 5.72 Å². The summed E-state index contributed by atoms with van der Waals surface area (Å²) in [7, 11) is 0. The number of hydrogen-bond acceptors (Lipinski definition) is 3. The predicted molar refractivity (Wildman–Crippen MR) is 93.1 cm³/mol. The van der Waals surface area contributed by atoms with Crippen LogP contribution in [0, 0.1) is 17.3 Å². The van der Waals surface area contributed by atoms with Gasteiger partial charge in [-0.15, -0.1) is 0 Å². The third kappa shape index (κ3) is 2.31. The molecule has 1 aromatic rings. The number of fused-ring (bicyclic) bond motifs is 3. The second kappa shape index (κ2) is 5.30. The predicted octanol–water partition coefficient (Wildman–Crippen LogP) is 2.74. The molecule has 3 aliphatic heterocycles. The minimum Gasteiger partial charge on any atom is -0.353 e. The van der Waals surface area contributed by atoms with Gasteiger partial charge in [0.25, 0.3) is 0 Å². The molecule has 3 fully saturated rings. The molecule has 0 radical (unpaired) electrons. The molecule has 0 saturated carbocycles. The molecule has 3 heterocycles. The molecule has 4 atom stereocenters. The van der Waals surface area contributed by atoms with Crippen LogP contribution in [0.1, 0.15) is 33.3 Å². The molecule has 4 rings (SSSR count). The van der Waals surface area contributed by atoms with Crippen LogP contribution in [-0.4, -0.2) is 47.2 Å². The normalized spacial score (nSPS) is 36.2. The molecular formula is C20H28N2O2. The van der Waals surface area contributed by atoms with Gasteiger partial charge in [-0.3, -0.25) is 9.69 Å². The van der Waals surface area contributed by atoms with Crippen LogP contribution in [0.3, 0.4) is 0 Å².